The maximum atomic E-state index is 12.3. The summed E-state index contributed by atoms with van der Waals surface area (Å²) in [5.74, 6) is 0.583. The Kier molecular flexibility index (Phi) is 6.34. The highest BCUT2D eigenvalue weighted by molar-refractivity contribution is 6.31. The largest absolute Gasteiger partial charge is 0.495 e. The third kappa shape index (κ3) is 4.56. The fourth-order valence-corrected chi connectivity index (χ4v) is 2.08. The molecule has 0 radical (unpaired) electrons. The minimum Gasteiger partial charge on any atom is -0.495 e. The summed E-state index contributed by atoms with van der Waals surface area (Å²) in [7, 11) is 3.13. The van der Waals surface area contributed by atoms with Crippen LogP contribution in [0.5, 0.6) is 5.75 Å². The summed E-state index contributed by atoms with van der Waals surface area (Å²) >= 11 is 6.06. The number of ether oxygens (including phenoxy) is 2. The van der Waals surface area contributed by atoms with Gasteiger partial charge < -0.3 is 20.1 Å². The van der Waals surface area contributed by atoms with Gasteiger partial charge in [-0.1, -0.05) is 11.6 Å². The number of benzene rings is 1. The van der Waals surface area contributed by atoms with E-state index in [9.17, 15) is 4.79 Å². The fourth-order valence-electron chi connectivity index (χ4n) is 1.93. The molecule has 128 valence electrons. The summed E-state index contributed by atoms with van der Waals surface area (Å²) in [5, 5.41) is 6.32. The molecule has 0 saturated carbocycles. The quantitative estimate of drug-likeness (QED) is 0.747. The van der Waals surface area contributed by atoms with E-state index in [2.05, 4.69) is 20.6 Å². The fraction of sp³-hybridized carbons (Fsp3) is 0.312. The zero-order valence-electron chi connectivity index (χ0n) is 13.7. The molecule has 0 bridgehead atoms. The lowest BCUT2D eigenvalue weighted by molar-refractivity contribution is 0.102. The van der Waals surface area contributed by atoms with E-state index in [0.29, 0.717) is 41.1 Å². The number of amides is 1. The third-order valence-corrected chi connectivity index (χ3v) is 3.64. The SMILES string of the molecule is COCCNc1ncc(C(=O)Nc2cc(C)c(Cl)cc2OC)cn1. The number of nitrogens with zero attached hydrogens (tertiary/aromatic N) is 2. The highest BCUT2D eigenvalue weighted by Crippen LogP contribution is 2.31. The lowest BCUT2D eigenvalue weighted by Crippen LogP contribution is -2.15. The number of aryl methyl sites for hydroxylation is 1. The van der Waals surface area contributed by atoms with Gasteiger partial charge in [-0.25, -0.2) is 9.97 Å². The zero-order valence-corrected chi connectivity index (χ0v) is 14.5. The molecule has 0 unspecified atom stereocenters. The van der Waals surface area contributed by atoms with Crippen molar-refractivity contribution >= 4 is 29.1 Å². The maximum Gasteiger partial charge on any atom is 0.258 e. The first-order chi connectivity index (χ1) is 11.5. The number of carbonyl (C=O) groups is 1. The van der Waals surface area contributed by atoms with E-state index in [-0.39, 0.29) is 5.91 Å². The number of rotatable bonds is 7. The first-order valence-electron chi connectivity index (χ1n) is 7.25. The number of hydrogen-bond acceptors (Lipinski definition) is 6. The summed E-state index contributed by atoms with van der Waals surface area (Å²) < 4.78 is 10.2. The van der Waals surface area contributed by atoms with E-state index in [4.69, 9.17) is 21.1 Å². The molecule has 0 fully saturated rings. The Morgan fingerprint density at radius 3 is 2.58 bits per heavy atom. The number of hydrogen-bond donors (Lipinski definition) is 2. The minimum absolute atomic E-state index is 0.335. The second-order valence-corrected chi connectivity index (χ2v) is 5.38. The molecule has 2 aromatic rings. The molecular formula is C16H19ClN4O3. The summed E-state index contributed by atoms with van der Waals surface area (Å²) in [4.78, 5) is 20.5. The van der Waals surface area contributed by atoms with E-state index in [1.165, 1.54) is 19.5 Å². The van der Waals surface area contributed by atoms with Gasteiger partial charge in [-0.15, -0.1) is 0 Å². The number of methoxy groups -OCH3 is 2. The van der Waals surface area contributed by atoms with Gasteiger partial charge in [0.1, 0.15) is 5.75 Å². The lowest BCUT2D eigenvalue weighted by Gasteiger charge is -2.12. The monoisotopic (exact) mass is 350 g/mol. The Bertz CT molecular complexity index is 707. The van der Waals surface area contributed by atoms with Crippen molar-refractivity contribution in [3.63, 3.8) is 0 Å². The van der Waals surface area contributed by atoms with Gasteiger partial charge in [0.05, 0.1) is 25.0 Å². The van der Waals surface area contributed by atoms with Crippen molar-refractivity contribution in [3.05, 3.63) is 40.7 Å². The molecule has 1 heterocycles. The Hall–Kier alpha value is -2.38. The van der Waals surface area contributed by atoms with Crippen molar-refractivity contribution in [2.24, 2.45) is 0 Å². The van der Waals surface area contributed by atoms with Crippen LogP contribution in [0.4, 0.5) is 11.6 Å². The molecule has 0 atom stereocenters. The molecule has 0 aliphatic rings. The molecule has 0 aliphatic carbocycles. The van der Waals surface area contributed by atoms with Crippen molar-refractivity contribution in [1.29, 1.82) is 0 Å². The molecule has 8 heteroatoms. The molecule has 0 saturated heterocycles. The van der Waals surface area contributed by atoms with Crippen LogP contribution < -0.4 is 15.4 Å². The molecule has 1 aromatic heterocycles. The molecule has 1 amide bonds. The number of aromatic nitrogens is 2. The van der Waals surface area contributed by atoms with Gasteiger partial charge in [0.2, 0.25) is 5.95 Å². The highest BCUT2D eigenvalue weighted by atomic mass is 35.5. The summed E-state index contributed by atoms with van der Waals surface area (Å²) in [6.07, 6.45) is 2.90. The molecule has 0 spiro atoms. The van der Waals surface area contributed by atoms with Crippen LogP contribution in [0.25, 0.3) is 0 Å². The van der Waals surface area contributed by atoms with Gasteiger partial charge >= 0.3 is 0 Å². The molecule has 0 aliphatic heterocycles. The van der Waals surface area contributed by atoms with Crippen LogP contribution in [0.1, 0.15) is 15.9 Å². The summed E-state index contributed by atoms with van der Waals surface area (Å²) in [6.45, 7) is 2.98. The average Bonchev–Trinajstić information content (AvgIpc) is 2.58. The Morgan fingerprint density at radius 1 is 1.25 bits per heavy atom. The molecule has 2 N–H and O–H groups in total. The predicted molar refractivity (Wildman–Crippen MR) is 93.1 cm³/mol. The van der Waals surface area contributed by atoms with Crippen LogP contribution in [0.2, 0.25) is 5.02 Å². The van der Waals surface area contributed by atoms with Crippen molar-refractivity contribution in [2.45, 2.75) is 6.92 Å². The summed E-state index contributed by atoms with van der Waals surface area (Å²) in [5.41, 5.74) is 1.70. The van der Waals surface area contributed by atoms with Crippen molar-refractivity contribution in [3.8, 4) is 5.75 Å². The Balaban J connectivity index is 2.08. The van der Waals surface area contributed by atoms with Crippen LogP contribution in [-0.2, 0) is 4.74 Å². The lowest BCUT2D eigenvalue weighted by atomic mass is 10.2. The first kappa shape index (κ1) is 18.0. The van der Waals surface area contributed by atoms with Crippen molar-refractivity contribution in [1.82, 2.24) is 9.97 Å². The number of anilines is 2. The molecule has 1 aromatic carbocycles. The van der Waals surface area contributed by atoms with Gasteiger partial charge in [0.25, 0.3) is 5.91 Å². The van der Waals surface area contributed by atoms with E-state index >= 15 is 0 Å². The first-order valence-corrected chi connectivity index (χ1v) is 7.63. The van der Waals surface area contributed by atoms with Crippen LogP contribution in [0, 0.1) is 6.92 Å². The molecule has 2 rings (SSSR count). The van der Waals surface area contributed by atoms with Crippen molar-refractivity contribution < 1.29 is 14.3 Å². The second-order valence-electron chi connectivity index (χ2n) is 4.97. The van der Waals surface area contributed by atoms with Crippen LogP contribution >= 0.6 is 11.6 Å². The number of halogens is 1. The highest BCUT2D eigenvalue weighted by Gasteiger charge is 2.12. The van der Waals surface area contributed by atoms with Crippen LogP contribution in [0.15, 0.2) is 24.5 Å². The van der Waals surface area contributed by atoms with E-state index in [0.717, 1.165) is 5.56 Å². The van der Waals surface area contributed by atoms with E-state index in [1.807, 2.05) is 6.92 Å². The van der Waals surface area contributed by atoms with E-state index < -0.39 is 0 Å². The summed E-state index contributed by atoms with van der Waals surface area (Å²) in [6, 6.07) is 3.41. The topological polar surface area (TPSA) is 85.4 Å². The molecule has 24 heavy (non-hydrogen) atoms. The van der Waals surface area contributed by atoms with Crippen LogP contribution in [-0.4, -0.2) is 43.2 Å². The van der Waals surface area contributed by atoms with Gasteiger partial charge in [-0.2, -0.15) is 0 Å². The smallest absolute Gasteiger partial charge is 0.258 e. The predicted octanol–water partition coefficient (Wildman–Crippen LogP) is 2.76. The van der Waals surface area contributed by atoms with Gasteiger partial charge in [-0.05, 0) is 18.6 Å². The van der Waals surface area contributed by atoms with Crippen molar-refractivity contribution in [2.75, 3.05) is 38.0 Å². The van der Waals surface area contributed by atoms with E-state index in [1.54, 1.807) is 19.2 Å². The number of carbonyl (C=O) groups excluding carboxylic acids is 1. The molecule has 7 nitrogen and oxygen atoms in total. The van der Waals surface area contributed by atoms with Gasteiger partial charge in [0, 0.05) is 37.1 Å². The maximum absolute atomic E-state index is 12.3. The van der Waals surface area contributed by atoms with Crippen LogP contribution in [0.3, 0.4) is 0 Å². The number of nitrogens with one attached hydrogen (secondary N) is 2. The normalized spacial score (nSPS) is 10.3. The second kappa shape index (κ2) is 8.47. The van der Waals surface area contributed by atoms with Gasteiger partial charge in [0.15, 0.2) is 0 Å². The Morgan fingerprint density at radius 2 is 1.96 bits per heavy atom. The molecular weight excluding hydrogens is 332 g/mol. The Labute approximate surface area is 145 Å². The zero-order chi connectivity index (χ0) is 17.5. The average molecular weight is 351 g/mol. The standard InChI is InChI=1S/C16H19ClN4O3/c1-10-6-13(14(24-3)7-12(10)17)21-15(22)11-8-19-16(20-9-11)18-4-5-23-2/h6-9H,4-5H2,1-3H3,(H,21,22)(H,18,19,20). The van der Waals surface area contributed by atoms with Gasteiger partial charge in [-0.3, -0.25) is 4.79 Å². The minimum atomic E-state index is -0.335. The third-order valence-electron chi connectivity index (χ3n) is 3.23.